The van der Waals surface area contributed by atoms with Gasteiger partial charge in [0.1, 0.15) is 6.10 Å². The fraction of sp³-hybridized carbons (Fsp3) is 0.727. The summed E-state index contributed by atoms with van der Waals surface area (Å²) in [5.74, 6) is 0.519. The van der Waals surface area contributed by atoms with Crippen LogP contribution in [-0.4, -0.2) is 28.1 Å². The van der Waals surface area contributed by atoms with E-state index in [1.807, 2.05) is 17.7 Å². The molecule has 84 valence electrons. The largest absolute Gasteiger partial charge is 0.384 e. The quantitative estimate of drug-likeness (QED) is 0.798. The van der Waals surface area contributed by atoms with Gasteiger partial charge in [-0.1, -0.05) is 0 Å². The van der Waals surface area contributed by atoms with Gasteiger partial charge in [0, 0.05) is 19.9 Å². The molecule has 1 aliphatic carbocycles. The molecule has 0 spiro atoms. The lowest BCUT2D eigenvalue weighted by atomic mass is 10.1. The molecule has 4 nitrogen and oxygen atoms in total. The van der Waals surface area contributed by atoms with Crippen LogP contribution in [0.3, 0.4) is 0 Å². The van der Waals surface area contributed by atoms with Crippen molar-refractivity contribution in [1.29, 1.82) is 0 Å². The molecule has 1 heterocycles. The Hall–Kier alpha value is -0.870. The van der Waals surface area contributed by atoms with Crippen molar-refractivity contribution >= 4 is 0 Å². The first-order chi connectivity index (χ1) is 7.27. The van der Waals surface area contributed by atoms with Crippen LogP contribution >= 0.6 is 0 Å². The molecule has 0 saturated heterocycles. The first-order valence-electron chi connectivity index (χ1n) is 5.50. The van der Waals surface area contributed by atoms with Crippen molar-refractivity contribution in [3.8, 4) is 0 Å². The predicted octanol–water partition coefficient (Wildman–Crippen LogP) is 1.36. The Balaban J connectivity index is 2.14. The Bertz CT molecular complexity index is 320. The number of hydrogen-bond acceptors (Lipinski definition) is 3. The Morgan fingerprint density at radius 3 is 2.93 bits per heavy atom. The number of aryl methyl sites for hydroxylation is 1. The summed E-state index contributed by atoms with van der Waals surface area (Å²) in [5.41, 5.74) is 0.858. The molecule has 0 amide bonds. The summed E-state index contributed by atoms with van der Waals surface area (Å²) in [6, 6.07) is 1.86. The highest BCUT2D eigenvalue weighted by Crippen LogP contribution is 2.39. The molecule has 1 fully saturated rings. The summed E-state index contributed by atoms with van der Waals surface area (Å²) in [4.78, 5) is 0. The standard InChI is InChI=1S/C11H18N2O2/c1-3-13-9(6-7-12-13)10(14)11(15-2)8-4-5-8/h6-8,10-11,14H,3-5H2,1-2H3. The van der Waals surface area contributed by atoms with Crippen LogP contribution in [-0.2, 0) is 11.3 Å². The fourth-order valence-corrected chi connectivity index (χ4v) is 2.03. The molecule has 1 aliphatic rings. The topological polar surface area (TPSA) is 47.3 Å². The number of nitrogens with zero attached hydrogens (tertiary/aromatic N) is 2. The first kappa shape index (κ1) is 10.6. The first-order valence-corrected chi connectivity index (χ1v) is 5.50. The molecule has 0 aromatic carbocycles. The van der Waals surface area contributed by atoms with E-state index in [1.54, 1.807) is 13.3 Å². The second-order valence-electron chi connectivity index (χ2n) is 4.05. The van der Waals surface area contributed by atoms with Crippen molar-refractivity contribution in [2.45, 2.75) is 38.5 Å². The van der Waals surface area contributed by atoms with E-state index in [1.165, 1.54) is 0 Å². The van der Waals surface area contributed by atoms with Gasteiger partial charge < -0.3 is 9.84 Å². The van der Waals surface area contributed by atoms with E-state index < -0.39 is 6.10 Å². The maximum atomic E-state index is 10.2. The minimum Gasteiger partial charge on any atom is -0.384 e. The van der Waals surface area contributed by atoms with Crippen LogP contribution in [0, 0.1) is 5.92 Å². The van der Waals surface area contributed by atoms with Crippen molar-refractivity contribution in [3.63, 3.8) is 0 Å². The summed E-state index contributed by atoms with van der Waals surface area (Å²) in [6.07, 6.45) is 3.42. The van der Waals surface area contributed by atoms with Gasteiger partial charge in [-0.25, -0.2) is 0 Å². The monoisotopic (exact) mass is 210 g/mol. The number of aliphatic hydroxyl groups excluding tert-OH is 1. The molecule has 4 heteroatoms. The maximum absolute atomic E-state index is 10.2. The highest BCUT2D eigenvalue weighted by atomic mass is 16.5. The Morgan fingerprint density at radius 2 is 2.40 bits per heavy atom. The zero-order valence-electron chi connectivity index (χ0n) is 9.26. The molecule has 2 atom stereocenters. The molecule has 15 heavy (non-hydrogen) atoms. The van der Waals surface area contributed by atoms with Crippen LogP contribution in [0.4, 0.5) is 0 Å². The van der Waals surface area contributed by atoms with Crippen LogP contribution < -0.4 is 0 Å². The van der Waals surface area contributed by atoms with Crippen LogP contribution in [0.5, 0.6) is 0 Å². The van der Waals surface area contributed by atoms with E-state index in [0.29, 0.717) is 5.92 Å². The third kappa shape index (κ3) is 2.06. The van der Waals surface area contributed by atoms with Crippen molar-refractivity contribution in [2.75, 3.05) is 7.11 Å². The minimum atomic E-state index is -0.551. The van der Waals surface area contributed by atoms with E-state index in [-0.39, 0.29) is 6.10 Å². The lowest BCUT2D eigenvalue weighted by molar-refractivity contribution is -0.0298. The number of methoxy groups -OCH3 is 1. The second-order valence-corrected chi connectivity index (χ2v) is 4.05. The van der Waals surface area contributed by atoms with Crippen LogP contribution in [0.2, 0.25) is 0 Å². The average molecular weight is 210 g/mol. The fourth-order valence-electron chi connectivity index (χ4n) is 2.03. The Morgan fingerprint density at radius 1 is 1.67 bits per heavy atom. The number of hydrogen-bond donors (Lipinski definition) is 1. The molecule has 0 radical (unpaired) electrons. The van der Waals surface area contributed by atoms with Gasteiger partial charge in [-0.15, -0.1) is 0 Å². The molecule has 2 rings (SSSR count). The van der Waals surface area contributed by atoms with Crippen LogP contribution in [0.15, 0.2) is 12.3 Å². The van der Waals surface area contributed by atoms with E-state index in [9.17, 15) is 5.11 Å². The third-order valence-electron chi connectivity index (χ3n) is 3.02. The lowest BCUT2D eigenvalue weighted by Crippen LogP contribution is -2.25. The van der Waals surface area contributed by atoms with Gasteiger partial charge in [-0.2, -0.15) is 5.10 Å². The number of aliphatic hydroxyl groups is 1. The van der Waals surface area contributed by atoms with Crippen LogP contribution in [0.1, 0.15) is 31.6 Å². The van der Waals surface area contributed by atoms with E-state index in [0.717, 1.165) is 25.1 Å². The zero-order chi connectivity index (χ0) is 10.8. The Labute approximate surface area is 89.9 Å². The summed E-state index contributed by atoms with van der Waals surface area (Å²) < 4.78 is 7.19. The number of ether oxygens (including phenoxy) is 1. The number of aromatic nitrogens is 2. The molecule has 1 aromatic heterocycles. The van der Waals surface area contributed by atoms with E-state index >= 15 is 0 Å². The molecule has 0 bridgehead atoms. The molecule has 1 saturated carbocycles. The van der Waals surface area contributed by atoms with Gasteiger partial charge in [0.15, 0.2) is 0 Å². The van der Waals surface area contributed by atoms with E-state index in [4.69, 9.17) is 4.74 Å². The zero-order valence-corrected chi connectivity index (χ0v) is 9.26. The summed E-state index contributed by atoms with van der Waals surface area (Å²) >= 11 is 0. The molecule has 1 aromatic rings. The third-order valence-corrected chi connectivity index (χ3v) is 3.02. The molecular formula is C11H18N2O2. The smallest absolute Gasteiger partial charge is 0.122 e. The average Bonchev–Trinajstić information content (AvgIpc) is 2.96. The van der Waals surface area contributed by atoms with Gasteiger partial charge >= 0.3 is 0 Å². The molecule has 1 N–H and O–H groups in total. The van der Waals surface area contributed by atoms with E-state index in [2.05, 4.69) is 5.10 Å². The molecular weight excluding hydrogens is 192 g/mol. The molecule has 0 aliphatic heterocycles. The minimum absolute atomic E-state index is 0.0769. The summed E-state index contributed by atoms with van der Waals surface area (Å²) in [5, 5.41) is 14.4. The van der Waals surface area contributed by atoms with Gasteiger partial charge in [0.05, 0.1) is 11.8 Å². The van der Waals surface area contributed by atoms with Gasteiger partial charge in [-0.3, -0.25) is 4.68 Å². The second kappa shape index (κ2) is 4.33. The number of rotatable bonds is 5. The molecule has 2 unspecified atom stereocenters. The van der Waals surface area contributed by atoms with Crippen molar-refractivity contribution < 1.29 is 9.84 Å². The highest BCUT2D eigenvalue weighted by molar-refractivity contribution is 5.08. The Kier molecular flexibility index (Phi) is 3.07. The van der Waals surface area contributed by atoms with Crippen molar-refractivity contribution in [3.05, 3.63) is 18.0 Å². The summed E-state index contributed by atoms with van der Waals surface area (Å²) in [7, 11) is 1.67. The highest BCUT2D eigenvalue weighted by Gasteiger charge is 2.37. The summed E-state index contributed by atoms with van der Waals surface area (Å²) in [6.45, 7) is 2.79. The normalized spacial score (nSPS) is 20.2. The SMILES string of the molecule is CCn1nccc1C(O)C(OC)C1CC1. The predicted molar refractivity (Wildman–Crippen MR) is 56.4 cm³/mol. The maximum Gasteiger partial charge on any atom is 0.122 e. The van der Waals surface area contributed by atoms with Crippen molar-refractivity contribution in [1.82, 2.24) is 9.78 Å². The van der Waals surface area contributed by atoms with Crippen molar-refractivity contribution in [2.24, 2.45) is 5.92 Å². The lowest BCUT2D eigenvalue weighted by Gasteiger charge is -2.21. The van der Waals surface area contributed by atoms with Gasteiger partial charge in [0.25, 0.3) is 0 Å². The van der Waals surface area contributed by atoms with Gasteiger partial charge in [-0.05, 0) is 31.7 Å². The van der Waals surface area contributed by atoms with Gasteiger partial charge in [0.2, 0.25) is 0 Å². The van der Waals surface area contributed by atoms with Crippen LogP contribution in [0.25, 0.3) is 0 Å².